The van der Waals surface area contributed by atoms with Gasteiger partial charge in [0.05, 0.1) is 4.92 Å². The molecule has 9 heteroatoms. The van der Waals surface area contributed by atoms with E-state index in [1.807, 2.05) is 60.7 Å². The van der Waals surface area contributed by atoms with Gasteiger partial charge in [-0.2, -0.15) is 0 Å². The molecule has 2 aromatic carbocycles. The average molecular weight is 449 g/mol. The molecule has 0 fully saturated rings. The van der Waals surface area contributed by atoms with E-state index in [9.17, 15) is 19.7 Å². The molecular weight excluding hydrogens is 426 g/mol. The van der Waals surface area contributed by atoms with Gasteiger partial charge < -0.3 is 14.8 Å². The SMILES string of the molecule is O=C(NC(CCc1ccc([N+](=O)[O-])cn1)C(=O)OCc1ccccc1)OCc1ccccc1. The van der Waals surface area contributed by atoms with Gasteiger partial charge in [-0.1, -0.05) is 60.7 Å². The summed E-state index contributed by atoms with van der Waals surface area (Å²) in [6, 6.07) is 20.2. The van der Waals surface area contributed by atoms with Crippen LogP contribution in [0.4, 0.5) is 10.5 Å². The number of nitrogens with zero attached hydrogens (tertiary/aromatic N) is 2. The summed E-state index contributed by atoms with van der Waals surface area (Å²) >= 11 is 0. The molecule has 1 heterocycles. The van der Waals surface area contributed by atoms with E-state index in [0.29, 0.717) is 12.1 Å². The summed E-state index contributed by atoms with van der Waals surface area (Å²) in [5.74, 6) is -0.613. The molecule has 9 nitrogen and oxygen atoms in total. The Labute approximate surface area is 190 Å². The fourth-order valence-corrected chi connectivity index (χ4v) is 2.95. The predicted octanol–water partition coefficient (Wildman–Crippen LogP) is 3.96. The highest BCUT2D eigenvalue weighted by Crippen LogP contribution is 2.12. The van der Waals surface area contributed by atoms with Crippen LogP contribution in [-0.4, -0.2) is 28.0 Å². The molecule has 0 aliphatic heterocycles. The third kappa shape index (κ3) is 7.73. The van der Waals surface area contributed by atoms with Gasteiger partial charge in [0.2, 0.25) is 0 Å². The Morgan fingerprint density at radius 1 is 0.909 bits per heavy atom. The van der Waals surface area contributed by atoms with Crippen LogP contribution < -0.4 is 5.32 Å². The molecule has 0 saturated carbocycles. The van der Waals surface area contributed by atoms with Crippen LogP contribution in [0.1, 0.15) is 23.2 Å². The van der Waals surface area contributed by atoms with Crippen molar-refractivity contribution in [3.8, 4) is 0 Å². The summed E-state index contributed by atoms with van der Waals surface area (Å²) in [5, 5.41) is 13.3. The van der Waals surface area contributed by atoms with Crippen molar-refractivity contribution < 1.29 is 24.0 Å². The molecule has 1 atom stereocenters. The summed E-state index contributed by atoms with van der Waals surface area (Å²) in [5.41, 5.74) is 2.04. The number of hydrogen-bond acceptors (Lipinski definition) is 7. The van der Waals surface area contributed by atoms with E-state index in [1.165, 1.54) is 12.1 Å². The molecule has 33 heavy (non-hydrogen) atoms. The molecule has 170 valence electrons. The van der Waals surface area contributed by atoms with Crippen molar-refractivity contribution in [2.75, 3.05) is 0 Å². The number of carbonyl (C=O) groups excluding carboxylic acids is 2. The van der Waals surface area contributed by atoms with E-state index in [0.717, 1.165) is 17.3 Å². The Morgan fingerprint density at radius 2 is 1.52 bits per heavy atom. The predicted molar refractivity (Wildman–Crippen MR) is 119 cm³/mol. The zero-order chi connectivity index (χ0) is 23.5. The van der Waals surface area contributed by atoms with Gasteiger partial charge in [-0.15, -0.1) is 0 Å². The summed E-state index contributed by atoms with van der Waals surface area (Å²) in [6.07, 6.45) is 0.873. The van der Waals surface area contributed by atoms with E-state index in [1.54, 1.807) is 0 Å². The van der Waals surface area contributed by atoms with Crippen LogP contribution in [0.2, 0.25) is 0 Å². The zero-order valence-electron chi connectivity index (χ0n) is 17.8. The second-order valence-electron chi connectivity index (χ2n) is 7.16. The first-order chi connectivity index (χ1) is 16.0. The van der Waals surface area contributed by atoms with Gasteiger partial charge in [0.15, 0.2) is 0 Å². The molecule has 0 aliphatic rings. The minimum atomic E-state index is -0.978. The maximum absolute atomic E-state index is 12.7. The van der Waals surface area contributed by atoms with Gasteiger partial charge in [-0.3, -0.25) is 15.1 Å². The van der Waals surface area contributed by atoms with Gasteiger partial charge in [-0.25, -0.2) is 9.59 Å². The highest BCUT2D eigenvalue weighted by atomic mass is 16.6. The number of carbonyl (C=O) groups is 2. The first kappa shape index (κ1) is 23.4. The summed E-state index contributed by atoms with van der Waals surface area (Å²) in [4.78, 5) is 39.3. The third-order valence-corrected chi connectivity index (χ3v) is 4.72. The second kappa shape index (κ2) is 11.9. The Morgan fingerprint density at radius 3 is 2.06 bits per heavy atom. The second-order valence-corrected chi connectivity index (χ2v) is 7.16. The number of pyridine rings is 1. The van der Waals surface area contributed by atoms with E-state index in [-0.39, 0.29) is 25.3 Å². The van der Waals surface area contributed by atoms with E-state index in [4.69, 9.17) is 9.47 Å². The van der Waals surface area contributed by atoms with E-state index < -0.39 is 23.0 Å². The standard InChI is InChI=1S/C24H23N3O6/c28-23(32-16-18-7-3-1-4-8-18)22(14-12-20-11-13-21(15-25-20)27(30)31)26-24(29)33-17-19-9-5-2-6-10-19/h1-11,13,15,22H,12,14,16-17H2,(H,26,29). The number of nitro groups is 1. The van der Waals surface area contributed by atoms with Crippen LogP contribution in [0, 0.1) is 10.1 Å². The first-order valence-corrected chi connectivity index (χ1v) is 10.3. The van der Waals surface area contributed by atoms with Gasteiger partial charge in [0.25, 0.3) is 5.69 Å². The molecule has 0 radical (unpaired) electrons. The summed E-state index contributed by atoms with van der Waals surface area (Å²) in [7, 11) is 0. The molecular formula is C24H23N3O6. The van der Waals surface area contributed by atoms with Crippen molar-refractivity contribution in [3.63, 3.8) is 0 Å². The first-order valence-electron chi connectivity index (χ1n) is 10.3. The smallest absolute Gasteiger partial charge is 0.408 e. The number of amides is 1. The maximum atomic E-state index is 12.7. The topological polar surface area (TPSA) is 121 Å². The molecule has 1 N–H and O–H groups in total. The highest BCUT2D eigenvalue weighted by molar-refractivity contribution is 5.81. The molecule has 1 aromatic heterocycles. The normalized spacial score (nSPS) is 11.3. The fraction of sp³-hybridized carbons (Fsp3) is 0.208. The van der Waals surface area contributed by atoms with Gasteiger partial charge in [-0.05, 0) is 30.0 Å². The minimum absolute atomic E-state index is 0.0579. The minimum Gasteiger partial charge on any atom is -0.459 e. The highest BCUT2D eigenvalue weighted by Gasteiger charge is 2.23. The lowest BCUT2D eigenvalue weighted by Crippen LogP contribution is -2.42. The molecule has 3 rings (SSSR count). The van der Waals surface area contributed by atoms with Gasteiger partial charge in [0.1, 0.15) is 25.5 Å². The lowest BCUT2D eigenvalue weighted by atomic mass is 10.1. The zero-order valence-corrected chi connectivity index (χ0v) is 17.8. The largest absolute Gasteiger partial charge is 0.459 e. The molecule has 0 spiro atoms. The lowest BCUT2D eigenvalue weighted by molar-refractivity contribution is -0.385. The number of aryl methyl sites for hydroxylation is 1. The van der Waals surface area contributed by atoms with Crippen molar-refractivity contribution in [2.45, 2.75) is 32.1 Å². The Hall–Kier alpha value is -4.27. The molecule has 1 unspecified atom stereocenters. The number of hydrogen-bond donors (Lipinski definition) is 1. The number of esters is 1. The molecule has 1 amide bonds. The van der Waals surface area contributed by atoms with Crippen molar-refractivity contribution in [3.05, 3.63) is 106 Å². The van der Waals surface area contributed by atoms with Crippen molar-refractivity contribution in [1.29, 1.82) is 0 Å². The van der Waals surface area contributed by atoms with Crippen LogP contribution in [0.25, 0.3) is 0 Å². The van der Waals surface area contributed by atoms with Crippen LogP contribution in [-0.2, 0) is 33.9 Å². The number of nitrogens with one attached hydrogen (secondary N) is 1. The number of aromatic nitrogens is 1. The van der Waals surface area contributed by atoms with Crippen LogP contribution in [0.5, 0.6) is 0 Å². The maximum Gasteiger partial charge on any atom is 0.408 e. The van der Waals surface area contributed by atoms with Crippen molar-refractivity contribution in [1.82, 2.24) is 10.3 Å². The van der Waals surface area contributed by atoms with Crippen LogP contribution in [0.3, 0.4) is 0 Å². The number of alkyl carbamates (subject to hydrolysis) is 1. The average Bonchev–Trinajstić information content (AvgIpc) is 2.85. The Kier molecular flexibility index (Phi) is 8.47. The summed E-state index contributed by atoms with van der Waals surface area (Å²) < 4.78 is 10.6. The lowest BCUT2D eigenvalue weighted by Gasteiger charge is -2.17. The van der Waals surface area contributed by atoms with Crippen molar-refractivity contribution >= 4 is 17.7 Å². The van der Waals surface area contributed by atoms with Crippen LogP contribution in [0.15, 0.2) is 79.0 Å². The van der Waals surface area contributed by atoms with Crippen molar-refractivity contribution in [2.24, 2.45) is 0 Å². The molecule has 0 aliphatic carbocycles. The Bertz CT molecular complexity index is 1060. The third-order valence-electron chi connectivity index (χ3n) is 4.72. The van der Waals surface area contributed by atoms with E-state index in [2.05, 4.69) is 10.3 Å². The van der Waals surface area contributed by atoms with Gasteiger partial charge >= 0.3 is 12.1 Å². The quantitative estimate of drug-likeness (QED) is 0.282. The van der Waals surface area contributed by atoms with Crippen LogP contribution >= 0.6 is 0 Å². The molecule has 0 bridgehead atoms. The Balaban J connectivity index is 1.60. The number of ether oxygens (including phenoxy) is 2. The monoisotopic (exact) mass is 449 g/mol. The fourth-order valence-electron chi connectivity index (χ4n) is 2.95. The number of rotatable bonds is 10. The number of benzene rings is 2. The van der Waals surface area contributed by atoms with E-state index >= 15 is 0 Å². The molecule has 3 aromatic rings. The summed E-state index contributed by atoms with van der Waals surface area (Å²) in [6.45, 7) is 0.120. The molecule has 0 saturated heterocycles. The van der Waals surface area contributed by atoms with Gasteiger partial charge in [0, 0.05) is 11.8 Å².